The van der Waals surface area contributed by atoms with Crippen LogP contribution in [-0.2, 0) is 6.54 Å². The Labute approximate surface area is 164 Å². The average Bonchev–Trinajstić information content (AvgIpc) is 3.06. The monoisotopic (exact) mass is 404 g/mol. The third-order valence-corrected chi connectivity index (χ3v) is 4.06. The number of phenolic OH excluding ortho intramolecular Hbond substituents is 1. The number of rotatable bonds is 7. The molecule has 3 rings (SSSR count). The summed E-state index contributed by atoms with van der Waals surface area (Å²) < 4.78 is 39.5. The number of oxazole rings is 1. The predicted molar refractivity (Wildman–Crippen MR) is 99.1 cm³/mol. The fraction of sp³-hybridized carbons (Fsp3) is 0.200. The van der Waals surface area contributed by atoms with Gasteiger partial charge in [0.05, 0.1) is 13.7 Å². The van der Waals surface area contributed by atoms with Gasteiger partial charge >= 0.3 is 6.61 Å². The number of halogens is 2. The molecule has 0 saturated heterocycles. The summed E-state index contributed by atoms with van der Waals surface area (Å²) in [6.45, 7) is -1.21. The molecule has 9 heteroatoms. The van der Waals surface area contributed by atoms with Crippen molar-refractivity contribution >= 4 is 5.91 Å². The number of nitrogens with one attached hydrogen (secondary N) is 1. The molecule has 2 N–H and O–H groups in total. The molecule has 3 aromatic rings. The zero-order valence-corrected chi connectivity index (χ0v) is 15.6. The van der Waals surface area contributed by atoms with Gasteiger partial charge < -0.3 is 24.3 Å². The summed E-state index contributed by atoms with van der Waals surface area (Å²) >= 11 is 0. The number of aromatic hydroxyl groups is 1. The third kappa shape index (κ3) is 4.81. The number of hydrogen-bond acceptors (Lipinski definition) is 6. The van der Waals surface area contributed by atoms with E-state index in [1.54, 1.807) is 19.1 Å². The van der Waals surface area contributed by atoms with Crippen molar-refractivity contribution in [3.8, 4) is 28.7 Å². The molecule has 0 radical (unpaired) electrons. The highest BCUT2D eigenvalue weighted by molar-refractivity contribution is 5.94. The first-order valence-electron chi connectivity index (χ1n) is 8.54. The Morgan fingerprint density at radius 2 is 2.07 bits per heavy atom. The number of amides is 1. The number of alkyl halides is 2. The highest BCUT2D eigenvalue weighted by Crippen LogP contribution is 2.31. The molecular formula is C20H18F2N2O5. The van der Waals surface area contributed by atoms with Crippen LogP contribution in [-0.4, -0.2) is 29.7 Å². The Morgan fingerprint density at radius 3 is 2.76 bits per heavy atom. The van der Waals surface area contributed by atoms with E-state index in [-0.39, 0.29) is 29.5 Å². The van der Waals surface area contributed by atoms with Crippen LogP contribution in [0.5, 0.6) is 17.2 Å². The number of carbonyl (C=O) groups is 1. The van der Waals surface area contributed by atoms with Gasteiger partial charge in [0.25, 0.3) is 5.91 Å². The van der Waals surface area contributed by atoms with Crippen LogP contribution in [0.15, 0.2) is 46.9 Å². The maximum Gasteiger partial charge on any atom is 0.387 e. The SMILES string of the molecule is COc1ccc(-c2nc(CNC(=O)c3cccc(OC(F)F)c3)c(C)o2)cc1O. The van der Waals surface area contributed by atoms with Crippen molar-refractivity contribution in [2.24, 2.45) is 0 Å². The first-order chi connectivity index (χ1) is 13.9. The lowest BCUT2D eigenvalue weighted by molar-refractivity contribution is -0.0498. The number of ether oxygens (including phenoxy) is 2. The van der Waals surface area contributed by atoms with Crippen LogP contribution >= 0.6 is 0 Å². The number of hydrogen-bond donors (Lipinski definition) is 2. The number of aryl methyl sites for hydroxylation is 1. The lowest BCUT2D eigenvalue weighted by Crippen LogP contribution is -2.23. The minimum Gasteiger partial charge on any atom is -0.504 e. The van der Waals surface area contributed by atoms with Gasteiger partial charge in [-0.2, -0.15) is 8.78 Å². The second-order valence-corrected chi connectivity index (χ2v) is 6.00. The quantitative estimate of drug-likeness (QED) is 0.620. The normalized spacial score (nSPS) is 10.8. The highest BCUT2D eigenvalue weighted by Gasteiger charge is 2.15. The van der Waals surface area contributed by atoms with Crippen LogP contribution in [0.2, 0.25) is 0 Å². The van der Waals surface area contributed by atoms with Gasteiger partial charge in [-0.15, -0.1) is 0 Å². The van der Waals surface area contributed by atoms with Crippen LogP contribution in [0.1, 0.15) is 21.8 Å². The van der Waals surface area contributed by atoms with Crippen LogP contribution < -0.4 is 14.8 Å². The minimum absolute atomic E-state index is 0.0541. The molecule has 0 aliphatic carbocycles. The first kappa shape index (κ1) is 20.1. The molecule has 1 amide bonds. The zero-order valence-electron chi connectivity index (χ0n) is 15.6. The molecule has 0 aliphatic heterocycles. The molecule has 0 saturated carbocycles. The molecule has 0 bridgehead atoms. The Hall–Kier alpha value is -3.62. The summed E-state index contributed by atoms with van der Waals surface area (Å²) in [6.07, 6.45) is 0. The predicted octanol–water partition coefficient (Wildman–Crippen LogP) is 3.90. The molecule has 29 heavy (non-hydrogen) atoms. The van der Waals surface area contributed by atoms with E-state index in [0.29, 0.717) is 22.8 Å². The summed E-state index contributed by atoms with van der Waals surface area (Å²) in [5, 5.41) is 12.6. The number of methoxy groups -OCH3 is 1. The maximum atomic E-state index is 12.3. The van der Waals surface area contributed by atoms with Gasteiger partial charge in [-0.1, -0.05) is 6.07 Å². The van der Waals surface area contributed by atoms with E-state index in [9.17, 15) is 18.7 Å². The second-order valence-electron chi connectivity index (χ2n) is 6.00. The van der Waals surface area contributed by atoms with Gasteiger partial charge in [0.1, 0.15) is 17.2 Å². The number of phenols is 1. The molecule has 2 aromatic carbocycles. The number of benzene rings is 2. The van der Waals surface area contributed by atoms with Crippen molar-refractivity contribution < 1.29 is 32.6 Å². The van der Waals surface area contributed by atoms with E-state index in [2.05, 4.69) is 15.0 Å². The molecule has 152 valence electrons. The van der Waals surface area contributed by atoms with E-state index >= 15 is 0 Å². The molecule has 0 spiro atoms. The fourth-order valence-electron chi connectivity index (χ4n) is 2.62. The first-order valence-corrected chi connectivity index (χ1v) is 8.54. The van der Waals surface area contributed by atoms with Crippen molar-refractivity contribution in [1.82, 2.24) is 10.3 Å². The molecule has 0 aliphatic rings. The molecular weight excluding hydrogens is 386 g/mol. The molecule has 1 aromatic heterocycles. The zero-order chi connectivity index (χ0) is 21.0. The minimum atomic E-state index is -2.97. The van der Waals surface area contributed by atoms with Crippen LogP contribution in [0.25, 0.3) is 11.5 Å². The van der Waals surface area contributed by atoms with Crippen molar-refractivity contribution in [2.45, 2.75) is 20.1 Å². The topological polar surface area (TPSA) is 93.8 Å². The van der Waals surface area contributed by atoms with Crippen LogP contribution in [0.3, 0.4) is 0 Å². The molecule has 7 nitrogen and oxygen atoms in total. The average molecular weight is 404 g/mol. The Kier molecular flexibility index (Phi) is 5.96. The summed E-state index contributed by atoms with van der Waals surface area (Å²) in [6, 6.07) is 10.2. The van der Waals surface area contributed by atoms with Crippen molar-refractivity contribution in [3.63, 3.8) is 0 Å². The van der Waals surface area contributed by atoms with Crippen molar-refractivity contribution in [1.29, 1.82) is 0 Å². The third-order valence-electron chi connectivity index (χ3n) is 4.06. The van der Waals surface area contributed by atoms with E-state index < -0.39 is 12.5 Å². The number of carbonyl (C=O) groups excluding carboxylic acids is 1. The van der Waals surface area contributed by atoms with E-state index in [1.807, 2.05) is 0 Å². The lowest BCUT2D eigenvalue weighted by atomic mass is 10.2. The molecule has 0 unspecified atom stereocenters. The van der Waals surface area contributed by atoms with Gasteiger partial charge in [-0.25, -0.2) is 4.98 Å². The summed E-state index contributed by atoms with van der Waals surface area (Å²) in [5.74, 6) is 0.453. The van der Waals surface area contributed by atoms with Crippen molar-refractivity contribution in [2.75, 3.05) is 7.11 Å². The van der Waals surface area contributed by atoms with Gasteiger partial charge in [-0.3, -0.25) is 4.79 Å². The van der Waals surface area contributed by atoms with E-state index in [0.717, 1.165) is 0 Å². The largest absolute Gasteiger partial charge is 0.504 e. The Bertz CT molecular complexity index is 1020. The fourth-order valence-corrected chi connectivity index (χ4v) is 2.62. The van der Waals surface area contributed by atoms with Gasteiger partial charge in [0, 0.05) is 11.1 Å². The van der Waals surface area contributed by atoms with Gasteiger partial charge in [0.15, 0.2) is 11.5 Å². The molecule has 0 atom stereocenters. The maximum absolute atomic E-state index is 12.3. The highest BCUT2D eigenvalue weighted by atomic mass is 19.3. The Balaban J connectivity index is 1.70. The molecule has 0 fully saturated rings. The second kappa shape index (κ2) is 8.59. The van der Waals surface area contributed by atoms with E-state index in [4.69, 9.17) is 9.15 Å². The van der Waals surface area contributed by atoms with E-state index in [1.165, 1.54) is 37.4 Å². The van der Waals surface area contributed by atoms with Gasteiger partial charge in [-0.05, 0) is 43.3 Å². The summed E-state index contributed by atoms with van der Waals surface area (Å²) in [4.78, 5) is 16.6. The van der Waals surface area contributed by atoms with Crippen molar-refractivity contribution in [3.05, 3.63) is 59.5 Å². The summed E-state index contributed by atoms with van der Waals surface area (Å²) in [7, 11) is 1.44. The van der Waals surface area contributed by atoms with Crippen LogP contribution in [0.4, 0.5) is 8.78 Å². The number of aromatic nitrogens is 1. The lowest BCUT2D eigenvalue weighted by Gasteiger charge is -2.07. The standard InChI is InChI=1S/C20H18F2N2O5/c1-11-15(24-19(28-11)13-6-7-17(27-2)16(25)9-13)10-23-18(26)12-4-3-5-14(8-12)29-20(21)22/h3-9,20,25H,10H2,1-2H3,(H,23,26). The van der Waals surface area contributed by atoms with Crippen LogP contribution in [0, 0.1) is 6.92 Å². The smallest absolute Gasteiger partial charge is 0.387 e. The number of nitrogens with zero attached hydrogens (tertiary/aromatic N) is 1. The summed E-state index contributed by atoms with van der Waals surface area (Å²) in [5.41, 5.74) is 1.20. The Morgan fingerprint density at radius 1 is 1.28 bits per heavy atom. The van der Waals surface area contributed by atoms with Gasteiger partial charge in [0.2, 0.25) is 5.89 Å². The molecule has 1 heterocycles.